The maximum absolute atomic E-state index is 12.5. The fraction of sp³-hybridized carbons (Fsp3) is 0.200. The molecule has 0 aliphatic carbocycles. The van der Waals surface area contributed by atoms with E-state index in [9.17, 15) is 9.59 Å². The van der Waals surface area contributed by atoms with Crippen molar-refractivity contribution < 1.29 is 9.59 Å². The molecule has 0 saturated heterocycles. The van der Waals surface area contributed by atoms with Crippen molar-refractivity contribution in [2.75, 3.05) is 11.1 Å². The molecule has 7 heteroatoms. The predicted octanol–water partition coefficient (Wildman–Crippen LogP) is 3.81. The summed E-state index contributed by atoms with van der Waals surface area (Å²) in [6, 6.07) is 13.3. The number of H-pyrrole nitrogens is 1. The molecule has 1 atom stereocenters. The lowest BCUT2D eigenvalue weighted by atomic mass is 9.99. The third kappa shape index (κ3) is 3.50. The molecule has 2 heterocycles. The number of Topliss-reactive ketones (excluding diaryl/α,β-unsaturated/α-hetero) is 1. The molecule has 0 unspecified atom stereocenters. The molecule has 2 N–H and O–H groups in total. The van der Waals surface area contributed by atoms with E-state index in [0.717, 1.165) is 16.8 Å². The van der Waals surface area contributed by atoms with Crippen LogP contribution in [0.5, 0.6) is 0 Å². The van der Waals surface area contributed by atoms with Gasteiger partial charge < -0.3 is 5.32 Å². The van der Waals surface area contributed by atoms with Crippen LogP contribution in [0.1, 0.15) is 34.3 Å². The first-order valence-electron chi connectivity index (χ1n) is 8.61. The van der Waals surface area contributed by atoms with Gasteiger partial charge in [-0.15, -0.1) is 5.10 Å². The maximum Gasteiger partial charge on any atom is 0.231 e. The van der Waals surface area contributed by atoms with Gasteiger partial charge in [0.15, 0.2) is 11.6 Å². The number of thioether (sulfide) groups is 1. The molecule has 27 heavy (non-hydrogen) atoms. The highest BCUT2D eigenvalue weighted by Crippen LogP contribution is 2.33. The van der Waals surface area contributed by atoms with Gasteiger partial charge in [0.05, 0.1) is 11.7 Å². The predicted molar refractivity (Wildman–Crippen MR) is 105 cm³/mol. The van der Waals surface area contributed by atoms with Gasteiger partial charge in [-0.1, -0.05) is 41.6 Å². The second-order valence-electron chi connectivity index (χ2n) is 6.56. The number of hydrogen-bond acceptors (Lipinski definition) is 5. The number of amides is 1. The lowest BCUT2D eigenvalue weighted by molar-refractivity contribution is -0.116. The summed E-state index contributed by atoms with van der Waals surface area (Å²) in [6.45, 7) is 3.87. The molecular weight excluding hydrogens is 360 g/mol. The van der Waals surface area contributed by atoms with Crippen molar-refractivity contribution in [2.24, 2.45) is 0 Å². The number of rotatable bonds is 5. The molecule has 0 bridgehead atoms. The molecule has 0 fully saturated rings. The summed E-state index contributed by atoms with van der Waals surface area (Å²) >= 11 is 1.29. The number of aromatic amines is 1. The van der Waals surface area contributed by atoms with Gasteiger partial charge in [-0.25, -0.2) is 4.98 Å². The molecule has 0 spiro atoms. The average molecular weight is 378 g/mol. The summed E-state index contributed by atoms with van der Waals surface area (Å²) in [6.07, 6.45) is 0. The smallest absolute Gasteiger partial charge is 0.231 e. The summed E-state index contributed by atoms with van der Waals surface area (Å²) in [5, 5.41) is 10.4. The quantitative estimate of drug-likeness (QED) is 0.521. The van der Waals surface area contributed by atoms with Crippen LogP contribution in [-0.4, -0.2) is 32.6 Å². The Hall–Kier alpha value is -2.93. The van der Waals surface area contributed by atoms with Crippen LogP contribution in [-0.2, 0) is 4.79 Å². The summed E-state index contributed by atoms with van der Waals surface area (Å²) in [5.74, 6) is 0.635. The van der Waals surface area contributed by atoms with E-state index in [2.05, 4.69) is 20.5 Å². The standard InChI is InChI=1S/C20H18N4O2S/c1-11-3-5-13(6-4-11)18-22-20(24-23-18)27-10-17(25)14-7-8-16-15(9-14)12(2)19(26)21-16/h3-9,12H,10H2,1-2H3,(H,21,26)(H,22,23,24)/t12-/m1/s1. The van der Waals surface area contributed by atoms with E-state index in [1.54, 1.807) is 18.2 Å². The van der Waals surface area contributed by atoms with Gasteiger partial charge in [0.25, 0.3) is 0 Å². The fourth-order valence-corrected chi connectivity index (χ4v) is 3.65. The minimum absolute atomic E-state index is 0.0176. The lowest BCUT2D eigenvalue weighted by Crippen LogP contribution is -2.08. The van der Waals surface area contributed by atoms with Crippen molar-refractivity contribution in [3.63, 3.8) is 0 Å². The Labute approximate surface area is 160 Å². The first-order chi connectivity index (χ1) is 13.0. The molecule has 1 aliphatic rings. The van der Waals surface area contributed by atoms with Gasteiger partial charge in [0, 0.05) is 16.8 Å². The minimum Gasteiger partial charge on any atom is -0.325 e. The van der Waals surface area contributed by atoms with Crippen LogP contribution >= 0.6 is 11.8 Å². The number of hydrogen-bond donors (Lipinski definition) is 2. The average Bonchev–Trinajstić information content (AvgIpc) is 3.25. The monoisotopic (exact) mass is 378 g/mol. The van der Waals surface area contributed by atoms with Gasteiger partial charge >= 0.3 is 0 Å². The van der Waals surface area contributed by atoms with E-state index in [0.29, 0.717) is 16.5 Å². The van der Waals surface area contributed by atoms with Crippen molar-refractivity contribution in [3.05, 3.63) is 59.2 Å². The van der Waals surface area contributed by atoms with Crippen LogP contribution in [0.2, 0.25) is 0 Å². The van der Waals surface area contributed by atoms with E-state index < -0.39 is 0 Å². The number of carbonyl (C=O) groups is 2. The lowest BCUT2D eigenvalue weighted by Gasteiger charge is -2.04. The number of aryl methyl sites for hydroxylation is 1. The number of ketones is 1. The second-order valence-corrected chi connectivity index (χ2v) is 7.50. The Bertz CT molecular complexity index is 1030. The Balaban J connectivity index is 1.43. The van der Waals surface area contributed by atoms with E-state index in [4.69, 9.17) is 0 Å². The number of benzene rings is 2. The van der Waals surface area contributed by atoms with Gasteiger partial charge in [-0.3, -0.25) is 14.7 Å². The molecule has 0 radical (unpaired) electrons. The topological polar surface area (TPSA) is 87.7 Å². The first kappa shape index (κ1) is 17.5. The molecule has 1 aliphatic heterocycles. The van der Waals surface area contributed by atoms with Crippen molar-refractivity contribution in [3.8, 4) is 11.4 Å². The molecule has 4 rings (SSSR count). The van der Waals surface area contributed by atoms with Crippen LogP contribution < -0.4 is 5.32 Å². The number of carbonyl (C=O) groups excluding carboxylic acids is 2. The molecule has 0 saturated carbocycles. The van der Waals surface area contributed by atoms with Crippen LogP contribution in [0.4, 0.5) is 5.69 Å². The number of aromatic nitrogens is 3. The van der Waals surface area contributed by atoms with Crippen molar-refractivity contribution >= 4 is 29.1 Å². The van der Waals surface area contributed by atoms with Gasteiger partial charge in [0.2, 0.25) is 11.1 Å². The highest BCUT2D eigenvalue weighted by atomic mass is 32.2. The zero-order valence-electron chi connectivity index (χ0n) is 14.9. The Kier molecular flexibility index (Phi) is 4.53. The molecular formula is C20H18N4O2S. The van der Waals surface area contributed by atoms with Gasteiger partial charge in [-0.05, 0) is 37.6 Å². The maximum atomic E-state index is 12.5. The zero-order chi connectivity index (χ0) is 19.0. The summed E-state index contributed by atoms with van der Waals surface area (Å²) in [5.41, 5.74) is 4.39. The number of anilines is 1. The number of fused-ring (bicyclic) bond motifs is 1. The fourth-order valence-electron chi connectivity index (χ4n) is 2.96. The third-order valence-electron chi connectivity index (χ3n) is 4.61. The van der Waals surface area contributed by atoms with E-state index >= 15 is 0 Å². The number of nitrogens with one attached hydrogen (secondary N) is 2. The highest BCUT2D eigenvalue weighted by Gasteiger charge is 2.27. The van der Waals surface area contributed by atoms with Gasteiger partial charge in [-0.2, -0.15) is 0 Å². The number of nitrogens with zero attached hydrogens (tertiary/aromatic N) is 2. The minimum atomic E-state index is -0.231. The highest BCUT2D eigenvalue weighted by molar-refractivity contribution is 7.99. The molecule has 1 amide bonds. The van der Waals surface area contributed by atoms with Crippen LogP contribution in [0, 0.1) is 6.92 Å². The van der Waals surface area contributed by atoms with E-state index in [-0.39, 0.29) is 23.4 Å². The van der Waals surface area contributed by atoms with Crippen molar-refractivity contribution in [1.29, 1.82) is 0 Å². The van der Waals surface area contributed by atoms with Crippen molar-refractivity contribution in [1.82, 2.24) is 15.2 Å². The zero-order valence-corrected chi connectivity index (χ0v) is 15.8. The summed E-state index contributed by atoms with van der Waals surface area (Å²) in [7, 11) is 0. The van der Waals surface area contributed by atoms with Crippen LogP contribution in [0.15, 0.2) is 47.6 Å². The normalized spacial score (nSPS) is 15.5. The van der Waals surface area contributed by atoms with Crippen molar-refractivity contribution in [2.45, 2.75) is 24.9 Å². The molecule has 1 aromatic heterocycles. The Morgan fingerprint density at radius 3 is 2.74 bits per heavy atom. The van der Waals surface area contributed by atoms with E-state index in [1.807, 2.05) is 38.1 Å². The SMILES string of the molecule is Cc1ccc(-c2nc(SCC(=O)c3ccc4c(c3)[C@@H](C)C(=O)N4)n[nH]2)cc1. The summed E-state index contributed by atoms with van der Waals surface area (Å²) < 4.78 is 0. The molecule has 2 aromatic carbocycles. The largest absolute Gasteiger partial charge is 0.325 e. The molecule has 3 aromatic rings. The second kappa shape index (κ2) is 7.00. The first-order valence-corrected chi connectivity index (χ1v) is 9.60. The van der Waals surface area contributed by atoms with E-state index in [1.165, 1.54) is 17.3 Å². The molecule has 136 valence electrons. The Morgan fingerprint density at radius 1 is 1.19 bits per heavy atom. The molecule has 6 nitrogen and oxygen atoms in total. The van der Waals surface area contributed by atoms with Crippen LogP contribution in [0.3, 0.4) is 0 Å². The van der Waals surface area contributed by atoms with Gasteiger partial charge in [0.1, 0.15) is 0 Å². The van der Waals surface area contributed by atoms with Crippen LogP contribution in [0.25, 0.3) is 11.4 Å². The Morgan fingerprint density at radius 2 is 1.96 bits per heavy atom. The summed E-state index contributed by atoms with van der Waals surface area (Å²) in [4.78, 5) is 28.7. The third-order valence-corrected chi connectivity index (χ3v) is 5.46.